The van der Waals surface area contributed by atoms with E-state index in [1.165, 1.54) is 18.4 Å². The molecule has 1 fully saturated rings. The fraction of sp³-hybridized carbons (Fsp3) is 0.500. The van der Waals surface area contributed by atoms with E-state index in [-0.39, 0.29) is 5.41 Å². The second-order valence-corrected chi connectivity index (χ2v) is 4.95. The Kier molecular flexibility index (Phi) is 2.65. The van der Waals surface area contributed by atoms with Gasteiger partial charge in [0.2, 0.25) is 0 Å². The molecule has 2 N–H and O–H groups in total. The summed E-state index contributed by atoms with van der Waals surface area (Å²) in [6, 6.07) is 6.25. The third kappa shape index (κ3) is 1.84. The van der Waals surface area contributed by atoms with Gasteiger partial charge in [0.05, 0.1) is 10.7 Å². The van der Waals surface area contributed by atoms with Gasteiger partial charge in [0.25, 0.3) is 0 Å². The summed E-state index contributed by atoms with van der Waals surface area (Å²) in [5.74, 6) is 0. The molecule has 0 heterocycles. The SMILES string of the molecule is CN(C)c1cc(C2(CN)CC2)ccc1Cl. The number of rotatable bonds is 3. The van der Waals surface area contributed by atoms with Crippen LogP contribution in [0.5, 0.6) is 0 Å². The Labute approximate surface area is 96.0 Å². The average Bonchev–Trinajstić information content (AvgIpc) is 2.99. The molecule has 0 radical (unpaired) electrons. The number of halogens is 1. The standard InChI is InChI=1S/C12H17ClN2/c1-15(2)11-7-9(3-4-10(11)13)12(8-14)5-6-12/h3-4,7H,5-6,8,14H2,1-2H3. The van der Waals surface area contributed by atoms with E-state index in [0.717, 1.165) is 17.3 Å². The molecule has 0 saturated heterocycles. The van der Waals surface area contributed by atoms with Crippen molar-refractivity contribution in [3.05, 3.63) is 28.8 Å². The lowest BCUT2D eigenvalue weighted by Crippen LogP contribution is -2.20. The highest BCUT2D eigenvalue weighted by atomic mass is 35.5. The van der Waals surface area contributed by atoms with Crippen LogP contribution in [0.4, 0.5) is 5.69 Å². The molecule has 0 spiro atoms. The molecule has 1 aliphatic rings. The third-order valence-electron chi connectivity index (χ3n) is 3.28. The minimum absolute atomic E-state index is 0.245. The Balaban J connectivity index is 2.39. The lowest BCUT2D eigenvalue weighted by Gasteiger charge is -2.19. The zero-order valence-electron chi connectivity index (χ0n) is 9.26. The van der Waals surface area contributed by atoms with E-state index < -0.39 is 0 Å². The molecule has 1 aromatic carbocycles. The van der Waals surface area contributed by atoms with Gasteiger partial charge in [0.1, 0.15) is 0 Å². The van der Waals surface area contributed by atoms with Gasteiger partial charge in [-0.2, -0.15) is 0 Å². The monoisotopic (exact) mass is 224 g/mol. The summed E-state index contributed by atoms with van der Waals surface area (Å²) in [5.41, 5.74) is 8.47. The van der Waals surface area contributed by atoms with E-state index >= 15 is 0 Å². The summed E-state index contributed by atoms with van der Waals surface area (Å²) in [5, 5.41) is 0.802. The number of nitrogens with zero attached hydrogens (tertiary/aromatic N) is 1. The Morgan fingerprint density at radius 1 is 1.40 bits per heavy atom. The number of hydrogen-bond acceptors (Lipinski definition) is 2. The molecule has 1 aliphatic carbocycles. The molecule has 0 amide bonds. The first-order chi connectivity index (χ1) is 7.09. The van der Waals surface area contributed by atoms with Crippen molar-refractivity contribution >= 4 is 17.3 Å². The Bertz CT molecular complexity index is 370. The summed E-state index contributed by atoms with van der Waals surface area (Å²) < 4.78 is 0. The van der Waals surface area contributed by atoms with Crippen LogP contribution in [0.1, 0.15) is 18.4 Å². The summed E-state index contributed by atoms with van der Waals surface area (Å²) in [4.78, 5) is 2.04. The number of anilines is 1. The Hall–Kier alpha value is -0.730. The lowest BCUT2D eigenvalue weighted by molar-refractivity contribution is 0.704. The molecular formula is C12H17ClN2. The molecule has 0 atom stereocenters. The van der Waals surface area contributed by atoms with Crippen LogP contribution in [0.15, 0.2) is 18.2 Å². The molecule has 15 heavy (non-hydrogen) atoms. The van der Waals surface area contributed by atoms with Crippen molar-refractivity contribution in [1.82, 2.24) is 0 Å². The molecule has 82 valence electrons. The van der Waals surface area contributed by atoms with Crippen LogP contribution >= 0.6 is 11.6 Å². The molecular weight excluding hydrogens is 208 g/mol. The minimum atomic E-state index is 0.245. The van der Waals surface area contributed by atoms with E-state index in [1.807, 2.05) is 25.1 Å². The van der Waals surface area contributed by atoms with Gasteiger partial charge in [-0.05, 0) is 30.5 Å². The highest BCUT2D eigenvalue weighted by molar-refractivity contribution is 6.33. The molecule has 0 aromatic heterocycles. The normalized spacial score (nSPS) is 17.6. The van der Waals surface area contributed by atoms with Crippen LogP contribution in [0, 0.1) is 0 Å². The fourth-order valence-corrected chi connectivity index (χ4v) is 2.23. The maximum absolute atomic E-state index is 6.13. The predicted octanol–water partition coefficient (Wildman–Crippen LogP) is 2.40. The molecule has 3 heteroatoms. The molecule has 2 nitrogen and oxygen atoms in total. The topological polar surface area (TPSA) is 29.3 Å². The summed E-state index contributed by atoms with van der Waals surface area (Å²) in [6.07, 6.45) is 2.41. The molecule has 0 unspecified atom stereocenters. The number of nitrogens with two attached hydrogens (primary N) is 1. The molecule has 0 bridgehead atoms. The maximum atomic E-state index is 6.13. The van der Waals surface area contributed by atoms with Gasteiger partial charge in [-0.15, -0.1) is 0 Å². The van der Waals surface area contributed by atoms with E-state index in [2.05, 4.69) is 12.1 Å². The Morgan fingerprint density at radius 3 is 2.53 bits per heavy atom. The summed E-state index contributed by atoms with van der Waals surface area (Å²) >= 11 is 6.13. The van der Waals surface area contributed by atoms with E-state index in [9.17, 15) is 0 Å². The van der Waals surface area contributed by atoms with Gasteiger partial charge in [-0.3, -0.25) is 0 Å². The van der Waals surface area contributed by atoms with Crippen molar-refractivity contribution in [3.63, 3.8) is 0 Å². The first-order valence-corrected chi connectivity index (χ1v) is 5.64. The first kappa shape index (κ1) is 10.8. The van der Waals surface area contributed by atoms with E-state index in [4.69, 9.17) is 17.3 Å². The third-order valence-corrected chi connectivity index (χ3v) is 3.60. The molecule has 2 rings (SSSR count). The van der Waals surface area contributed by atoms with E-state index in [0.29, 0.717) is 0 Å². The van der Waals surface area contributed by atoms with Gasteiger partial charge in [0, 0.05) is 26.1 Å². The van der Waals surface area contributed by atoms with Gasteiger partial charge in [0.15, 0.2) is 0 Å². The van der Waals surface area contributed by atoms with Crippen LogP contribution in [-0.2, 0) is 5.41 Å². The smallest absolute Gasteiger partial charge is 0.0639 e. The highest BCUT2D eigenvalue weighted by Crippen LogP contribution is 2.48. The minimum Gasteiger partial charge on any atom is -0.376 e. The van der Waals surface area contributed by atoms with E-state index in [1.54, 1.807) is 0 Å². The Morgan fingerprint density at radius 2 is 2.07 bits per heavy atom. The van der Waals surface area contributed by atoms with Crippen molar-refractivity contribution in [1.29, 1.82) is 0 Å². The zero-order valence-corrected chi connectivity index (χ0v) is 10.0. The first-order valence-electron chi connectivity index (χ1n) is 5.26. The summed E-state index contributed by atoms with van der Waals surface area (Å²) in [6.45, 7) is 0.738. The van der Waals surface area contributed by atoms with Crippen LogP contribution in [-0.4, -0.2) is 20.6 Å². The highest BCUT2D eigenvalue weighted by Gasteiger charge is 2.43. The van der Waals surface area contributed by atoms with Crippen LogP contribution in [0.25, 0.3) is 0 Å². The van der Waals surface area contributed by atoms with Crippen LogP contribution in [0.3, 0.4) is 0 Å². The van der Waals surface area contributed by atoms with Gasteiger partial charge in [-0.1, -0.05) is 17.7 Å². The van der Waals surface area contributed by atoms with Crippen molar-refractivity contribution < 1.29 is 0 Å². The largest absolute Gasteiger partial charge is 0.376 e. The molecule has 0 aliphatic heterocycles. The van der Waals surface area contributed by atoms with Crippen LogP contribution < -0.4 is 10.6 Å². The molecule has 1 aromatic rings. The van der Waals surface area contributed by atoms with Crippen molar-refractivity contribution in [2.75, 3.05) is 25.5 Å². The van der Waals surface area contributed by atoms with Gasteiger partial charge in [-0.25, -0.2) is 0 Å². The second kappa shape index (κ2) is 3.69. The van der Waals surface area contributed by atoms with Crippen LogP contribution in [0.2, 0.25) is 5.02 Å². The zero-order chi connectivity index (χ0) is 11.1. The van der Waals surface area contributed by atoms with Crippen molar-refractivity contribution in [2.24, 2.45) is 5.73 Å². The van der Waals surface area contributed by atoms with Crippen molar-refractivity contribution in [2.45, 2.75) is 18.3 Å². The lowest BCUT2D eigenvalue weighted by atomic mass is 9.95. The quantitative estimate of drug-likeness (QED) is 0.855. The van der Waals surface area contributed by atoms with Gasteiger partial charge >= 0.3 is 0 Å². The average molecular weight is 225 g/mol. The van der Waals surface area contributed by atoms with Gasteiger partial charge < -0.3 is 10.6 Å². The number of benzene rings is 1. The van der Waals surface area contributed by atoms with Crippen molar-refractivity contribution in [3.8, 4) is 0 Å². The predicted molar refractivity (Wildman–Crippen MR) is 65.7 cm³/mol. The summed E-state index contributed by atoms with van der Waals surface area (Å²) in [7, 11) is 4.01. The fourth-order valence-electron chi connectivity index (χ4n) is 1.95. The molecule has 1 saturated carbocycles. The maximum Gasteiger partial charge on any atom is 0.0639 e. The number of hydrogen-bond donors (Lipinski definition) is 1. The second-order valence-electron chi connectivity index (χ2n) is 4.55.